The molecule has 1 N–H and O–H groups in total. The second kappa shape index (κ2) is 5.20. The van der Waals surface area contributed by atoms with Gasteiger partial charge in [0.15, 0.2) is 0 Å². The van der Waals surface area contributed by atoms with Crippen LogP contribution in [0, 0.1) is 0 Å². The highest BCUT2D eigenvalue weighted by molar-refractivity contribution is 6.43. The molecule has 5 heteroatoms. The minimum absolute atomic E-state index is 0.107. The Morgan fingerprint density at radius 2 is 1.86 bits per heavy atom. The van der Waals surface area contributed by atoms with Crippen LogP contribution in [-0.4, -0.2) is 24.1 Å². The second-order valence-electron chi connectivity index (χ2n) is 4.58. The fourth-order valence-corrected chi connectivity index (χ4v) is 2.15. The number of ketones is 2. The summed E-state index contributed by atoms with van der Waals surface area (Å²) in [6.07, 6.45) is 4.48. The highest BCUT2D eigenvalue weighted by atomic mass is 16.5. The zero-order chi connectivity index (χ0) is 14.8. The van der Waals surface area contributed by atoms with Crippen molar-refractivity contribution in [2.24, 2.45) is 0 Å². The first-order valence-corrected chi connectivity index (χ1v) is 6.35. The van der Waals surface area contributed by atoms with Crippen LogP contribution in [0.5, 0.6) is 0 Å². The van der Waals surface area contributed by atoms with E-state index in [1.54, 1.807) is 36.4 Å². The number of fused-ring (bicyclic) bond motifs is 1. The van der Waals surface area contributed by atoms with E-state index in [1.165, 1.54) is 12.3 Å². The van der Waals surface area contributed by atoms with Gasteiger partial charge in [-0.05, 0) is 12.2 Å². The summed E-state index contributed by atoms with van der Waals surface area (Å²) in [5.41, 5.74) is 1.71. The highest BCUT2D eigenvalue weighted by Gasteiger charge is 2.27. The van der Waals surface area contributed by atoms with E-state index in [-0.39, 0.29) is 23.7 Å². The molecular formula is C16H11NO4. The van der Waals surface area contributed by atoms with Gasteiger partial charge in [0.2, 0.25) is 5.78 Å². The molecule has 0 fully saturated rings. The van der Waals surface area contributed by atoms with Gasteiger partial charge in [-0.2, -0.15) is 0 Å². The van der Waals surface area contributed by atoms with Gasteiger partial charge in [0.1, 0.15) is 6.61 Å². The molecular weight excluding hydrogens is 270 g/mol. The van der Waals surface area contributed by atoms with Crippen LogP contribution >= 0.6 is 0 Å². The van der Waals surface area contributed by atoms with E-state index in [0.717, 1.165) is 5.57 Å². The number of carbonyl (C=O) groups excluding carboxylic acids is 3. The molecule has 0 saturated heterocycles. The average Bonchev–Trinajstić information content (AvgIpc) is 2.99. The number of nitrogens with one attached hydrogen (secondary N) is 1. The summed E-state index contributed by atoms with van der Waals surface area (Å²) in [5.74, 6) is -1.86. The SMILES string of the molecule is O=C1C=CC2=COCC2=C1NC(=O)C(=O)c1ccccc1. The van der Waals surface area contributed by atoms with Crippen molar-refractivity contribution < 1.29 is 19.1 Å². The number of carbonyl (C=O) groups is 3. The molecule has 3 rings (SSSR count). The van der Waals surface area contributed by atoms with Crippen molar-refractivity contribution >= 4 is 17.5 Å². The first-order chi connectivity index (χ1) is 10.2. The predicted molar refractivity (Wildman–Crippen MR) is 74.1 cm³/mol. The molecule has 1 aliphatic carbocycles. The van der Waals surface area contributed by atoms with Crippen LogP contribution in [0.2, 0.25) is 0 Å². The molecule has 1 aliphatic heterocycles. The first-order valence-electron chi connectivity index (χ1n) is 6.35. The Balaban J connectivity index is 1.83. The summed E-state index contributed by atoms with van der Waals surface area (Å²) in [6.45, 7) is 0.209. The lowest BCUT2D eigenvalue weighted by atomic mass is 9.98. The van der Waals surface area contributed by atoms with E-state index in [9.17, 15) is 14.4 Å². The third-order valence-electron chi connectivity index (χ3n) is 3.23. The largest absolute Gasteiger partial charge is 0.496 e. The van der Waals surface area contributed by atoms with Crippen molar-refractivity contribution in [2.75, 3.05) is 6.61 Å². The van der Waals surface area contributed by atoms with Crippen molar-refractivity contribution in [1.29, 1.82) is 0 Å². The van der Waals surface area contributed by atoms with Gasteiger partial charge in [-0.25, -0.2) is 0 Å². The molecule has 2 aliphatic rings. The normalized spacial score (nSPS) is 16.2. The summed E-state index contributed by atoms with van der Waals surface area (Å²) < 4.78 is 5.14. The van der Waals surface area contributed by atoms with Gasteiger partial charge in [0.25, 0.3) is 11.7 Å². The van der Waals surface area contributed by atoms with Gasteiger partial charge < -0.3 is 10.1 Å². The molecule has 21 heavy (non-hydrogen) atoms. The monoisotopic (exact) mass is 281 g/mol. The van der Waals surface area contributed by atoms with Gasteiger partial charge in [-0.15, -0.1) is 0 Å². The Hall–Kier alpha value is -2.95. The minimum atomic E-state index is -0.835. The van der Waals surface area contributed by atoms with Crippen LogP contribution < -0.4 is 5.32 Å². The maximum atomic E-state index is 12.0. The fraction of sp³-hybridized carbons (Fsp3) is 0.0625. The van der Waals surface area contributed by atoms with Gasteiger partial charge in [-0.1, -0.05) is 30.3 Å². The summed E-state index contributed by atoms with van der Waals surface area (Å²) >= 11 is 0. The summed E-state index contributed by atoms with van der Waals surface area (Å²) in [4.78, 5) is 35.9. The van der Waals surface area contributed by atoms with Crippen molar-refractivity contribution in [2.45, 2.75) is 0 Å². The zero-order valence-corrected chi connectivity index (χ0v) is 11.0. The number of rotatable bonds is 3. The van der Waals surface area contributed by atoms with Gasteiger partial charge >= 0.3 is 0 Å². The zero-order valence-electron chi connectivity index (χ0n) is 11.0. The number of allylic oxidation sites excluding steroid dienone is 2. The van der Waals surface area contributed by atoms with Gasteiger partial charge in [-0.3, -0.25) is 14.4 Å². The molecule has 1 heterocycles. The Morgan fingerprint density at radius 1 is 1.10 bits per heavy atom. The Labute approximate surface area is 120 Å². The van der Waals surface area contributed by atoms with E-state index in [2.05, 4.69) is 5.32 Å². The van der Waals surface area contributed by atoms with E-state index >= 15 is 0 Å². The number of amides is 1. The number of hydrogen-bond acceptors (Lipinski definition) is 4. The van der Waals surface area contributed by atoms with E-state index in [4.69, 9.17) is 4.74 Å². The summed E-state index contributed by atoms with van der Waals surface area (Å²) in [5, 5.41) is 2.41. The molecule has 5 nitrogen and oxygen atoms in total. The molecule has 1 aromatic rings. The van der Waals surface area contributed by atoms with Crippen LogP contribution in [0.15, 0.2) is 65.6 Å². The average molecular weight is 281 g/mol. The molecule has 0 unspecified atom stereocenters. The lowest BCUT2D eigenvalue weighted by Crippen LogP contribution is -2.35. The molecule has 0 spiro atoms. The molecule has 0 radical (unpaired) electrons. The van der Waals surface area contributed by atoms with E-state index in [0.29, 0.717) is 5.57 Å². The standard InChI is InChI=1S/C16H11NO4/c18-13-7-6-11-8-21-9-12(11)14(13)17-16(20)15(19)10-4-2-1-3-5-10/h1-8H,9H2,(H,17,20). The van der Waals surface area contributed by atoms with Crippen LogP contribution in [0.3, 0.4) is 0 Å². The molecule has 0 atom stereocenters. The Kier molecular flexibility index (Phi) is 3.23. The van der Waals surface area contributed by atoms with Crippen molar-refractivity contribution in [3.8, 4) is 0 Å². The smallest absolute Gasteiger partial charge is 0.296 e. The van der Waals surface area contributed by atoms with Crippen LogP contribution in [0.25, 0.3) is 0 Å². The predicted octanol–water partition coefficient (Wildman–Crippen LogP) is 1.29. The summed E-state index contributed by atoms with van der Waals surface area (Å²) in [7, 11) is 0. The summed E-state index contributed by atoms with van der Waals surface area (Å²) in [6, 6.07) is 8.19. The fourth-order valence-electron chi connectivity index (χ4n) is 2.15. The molecule has 0 saturated carbocycles. The lowest BCUT2D eigenvalue weighted by molar-refractivity contribution is -0.118. The Bertz CT molecular complexity index is 726. The second-order valence-corrected chi connectivity index (χ2v) is 4.58. The number of hydrogen-bond donors (Lipinski definition) is 1. The molecule has 0 bridgehead atoms. The van der Waals surface area contributed by atoms with Gasteiger partial charge in [0.05, 0.1) is 12.0 Å². The van der Waals surface area contributed by atoms with Crippen LogP contribution in [-0.2, 0) is 14.3 Å². The van der Waals surface area contributed by atoms with Crippen molar-refractivity contribution in [3.05, 3.63) is 71.2 Å². The molecule has 1 aromatic carbocycles. The highest BCUT2D eigenvalue weighted by Crippen LogP contribution is 2.26. The van der Waals surface area contributed by atoms with Crippen molar-refractivity contribution in [3.63, 3.8) is 0 Å². The molecule has 0 aromatic heterocycles. The van der Waals surface area contributed by atoms with Gasteiger partial charge in [0, 0.05) is 16.7 Å². The Morgan fingerprint density at radius 3 is 2.62 bits per heavy atom. The third-order valence-corrected chi connectivity index (χ3v) is 3.23. The quantitative estimate of drug-likeness (QED) is 0.669. The minimum Gasteiger partial charge on any atom is -0.496 e. The van der Waals surface area contributed by atoms with Crippen LogP contribution in [0.4, 0.5) is 0 Å². The maximum absolute atomic E-state index is 12.0. The van der Waals surface area contributed by atoms with Crippen LogP contribution in [0.1, 0.15) is 10.4 Å². The number of ether oxygens (including phenoxy) is 1. The van der Waals surface area contributed by atoms with E-state index in [1.807, 2.05) is 0 Å². The number of benzene rings is 1. The van der Waals surface area contributed by atoms with E-state index < -0.39 is 11.7 Å². The molecule has 104 valence electrons. The maximum Gasteiger partial charge on any atom is 0.296 e. The lowest BCUT2D eigenvalue weighted by Gasteiger charge is -2.13. The third kappa shape index (κ3) is 2.41. The first kappa shape index (κ1) is 13.1. The topological polar surface area (TPSA) is 72.5 Å². The molecule has 1 amide bonds. The number of Topliss-reactive ketones (excluding diaryl/α,β-unsaturated/α-hetero) is 1. The van der Waals surface area contributed by atoms with Crippen molar-refractivity contribution in [1.82, 2.24) is 5.32 Å².